The highest BCUT2D eigenvalue weighted by Crippen LogP contribution is 2.34. The van der Waals surface area contributed by atoms with Crippen molar-refractivity contribution in [3.63, 3.8) is 0 Å². The van der Waals surface area contributed by atoms with Gasteiger partial charge in [0, 0.05) is 6.04 Å². The zero-order valence-electron chi connectivity index (χ0n) is 18.3. The maximum atomic E-state index is 12.8. The SMILES string of the molecule is Cc1ccc2c(c1)N(CC(=O)O[C@H](C(=O)NC1CCCCC1)C(C)C)C(=O)[C@H](C)O2. The Bertz CT molecular complexity index is 801. The van der Waals surface area contributed by atoms with Crippen LogP contribution in [0.2, 0.25) is 0 Å². The number of aryl methyl sites for hydroxylation is 1. The summed E-state index contributed by atoms with van der Waals surface area (Å²) in [5, 5.41) is 3.03. The van der Waals surface area contributed by atoms with E-state index in [1.54, 1.807) is 13.0 Å². The monoisotopic (exact) mass is 416 g/mol. The van der Waals surface area contributed by atoms with E-state index in [1.165, 1.54) is 11.3 Å². The van der Waals surface area contributed by atoms with Crippen LogP contribution in [-0.4, -0.2) is 42.6 Å². The van der Waals surface area contributed by atoms with Crippen molar-refractivity contribution in [2.24, 2.45) is 5.92 Å². The molecule has 0 aromatic heterocycles. The molecule has 1 aliphatic heterocycles. The molecule has 1 N–H and O–H groups in total. The quantitative estimate of drug-likeness (QED) is 0.720. The molecular formula is C23H32N2O5. The highest BCUT2D eigenvalue weighted by molar-refractivity contribution is 6.03. The number of carbonyl (C=O) groups excluding carboxylic acids is 3. The molecule has 1 saturated carbocycles. The van der Waals surface area contributed by atoms with E-state index in [9.17, 15) is 14.4 Å². The number of nitrogens with zero attached hydrogens (tertiary/aromatic N) is 1. The van der Waals surface area contributed by atoms with Gasteiger partial charge in [0.2, 0.25) is 0 Å². The zero-order valence-corrected chi connectivity index (χ0v) is 18.3. The van der Waals surface area contributed by atoms with E-state index in [0.29, 0.717) is 11.4 Å². The fourth-order valence-corrected chi connectivity index (χ4v) is 4.01. The second-order valence-electron chi connectivity index (χ2n) is 8.65. The number of amides is 2. The van der Waals surface area contributed by atoms with Gasteiger partial charge in [-0.2, -0.15) is 0 Å². The largest absolute Gasteiger partial charge is 0.479 e. The average Bonchev–Trinajstić information content (AvgIpc) is 2.70. The van der Waals surface area contributed by atoms with Gasteiger partial charge in [0.25, 0.3) is 11.8 Å². The molecule has 0 bridgehead atoms. The standard InChI is InChI=1S/C23H32N2O5/c1-14(2)21(22(27)24-17-8-6-5-7-9-17)30-20(26)13-25-18-12-15(3)10-11-19(18)29-16(4)23(25)28/h10-12,14,16-17,21H,5-9,13H2,1-4H3,(H,24,27)/t16-,21-/m0/s1. The maximum absolute atomic E-state index is 12.8. The minimum absolute atomic E-state index is 0.141. The van der Waals surface area contributed by atoms with Crippen molar-refractivity contribution in [1.29, 1.82) is 0 Å². The number of nitrogens with one attached hydrogen (secondary N) is 1. The van der Waals surface area contributed by atoms with Crippen LogP contribution in [0.25, 0.3) is 0 Å². The maximum Gasteiger partial charge on any atom is 0.326 e. The molecule has 0 unspecified atom stereocenters. The minimum Gasteiger partial charge on any atom is -0.479 e. The summed E-state index contributed by atoms with van der Waals surface area (Å²) in [4.78, 5) is 39.5. The normalized spacial score (nSPS) is 20.4. The fraction of sp³-hybridized carbons (Fsp3) is 0.609. The lowest BCUT2D eigenvalue weighted by molar-refractivity contribution is -0.158. The van der Waals surface area contributed by atoms with E-state index in [0.717, 1.165) is 31.2 Å². The molecule has 1 aliphatic carbocycles. The Morgan fingerprint density at radius 1 is 1.23 bits per heavy atom. The molecule has 1 fully saturated rings. The first-order chi connectivity index (χ1) is 14.3. The molecule has 1 aromatic rings. The molecule has 3 rings (SSSR count). The second kappa shape index (κ2) is 9.49. The lowest BCUT2D eigenvalue weighted by Gasteiger charge is -2.33. The van der Waals surface area contributed by atoms with Gasteiger partial charge in [0.1, 0.15) is 12.3 Å². The van der Waals surface area contributed by atoms with Crippen LogP contribution in [0.4, 0.5) is 5.69 Å². The molecular weight excluding hydrogens is 384 g/mol. The molecule has 7 heteroatoms. The summed E-state index contributed by atoms with van der Waals surface area (Å²) in [5.41, 5.74) is 1.49. The molecule has 30 heavy (non-hydrogen) atoms. The highest BCUT2D eigenvalue weighted by Gasteiger charge is 2.35. The third-order valence-electron chi connectivity index (χ3n) is 5.68. The van der Waals surface area contributed by atoms with Gasteiger partial charge in [0.05, 0.1) is 5.69 Å². The lowest BCUT2D eigenvalue weighted by Crippen LogP contribution is -2.49. The van der Waals surface area contributed by atoms with E-state index < -0.39 is 18.2 Å². The van der Waals surface area contributed by atoms with Crippen LogP contribution in [0.15, 0.2) is 18.2 Å². The number of rotatable bonds is 6. The third kappa shape index (κ3) is 5.12. The van der Waals surface area contributed by atoms with Crippen molar-refractivity contribution < 1.29 is 23.9 Å². The number of hydrogen-bond acceptors (Lipinski definition) is 5. The summed E-state index contributed by atoms with van der Waals surface area (Å²) in [7, 11) is 0. The van der Waals surface area contributed by atoms with Crippen LogP contribution >= 0.6 is 0 Å². The van der Waals surface area contributed by atoms with Gasteiger partial charge >= 0.3 is 5.97 Å². The van der Waals surface area contributed by atoms with Crippen LogP contribution in [0.5, 0.6) is 5.75 Å². The second-order valence-corrected chi connectivity index (χ2v) is 8.65. The van der Waals surface area contributed by atoms with Crippen molar-refractivity contribution in [2.45, 2.75) is 78.0 Å². The van der Waals surface area contributed by atoms with Gasteiger partial charge < -0.3 is 14.8 Å². The van der Waals surface area contributed by atoms with Crippen LogP contribution in [-0.2, 0) is 19.1 Å². The van der Waals surface area contributed by atoms with Gasteiger partial charge in [-0.05, 0) is 50.3 Å². The molecule has 1 heterocycles. The Morgan fingerprint density at radius 2 is 1.93 bits per heavy atom. The summed E-state index contributed by atoms with van der Waals surface area (Å²) in [5.74, 6) is -0.800. The summed E-state index contributed by atoms with van der Waals surface area (Å²) >= 11 is 0. The molecule has 0 spiro atoms. The number of ether oxygens (including phenoxy) is 2. The van der Waals surface area contributed by atoms with E-state index in [-0.39, 0.29) is 30.3 Å². The summed E-state index contributed by atoms with van der Waals surface area (Å²) in [6.45, 7) is 6.99. The Kier molecular flexibility index (Phi) is 7.00. The highest BCUT2D eigenvalue weighted by atomic mass is 16.5. The van der Waals surface area contributed by atoms with Crippen molar-refractivity contribution >= 4 is 23.5 Å². The van der Waals surface area contributed by atoms with E-state index in [1.807, 2.05) is 32.9 Å². The first-order valence-electron chi connectivity index (χ1n) is 10.8. The molecule has 1 aromatic carbocycles. The van der Waals surface area contributed by atoms with E-state index >= 15 is 0 Å². The van der Waals surface area contributed by atoms with Crippen LogP contribution < -0.4 is 15.0 Å². The first-order valence-corrected chi connectivity index (χ1v) is 10.8. The number of esters is 1. The van der Waals surface area contributed by atoms with Crippen molar-refractivity contribution in [3.05, 3.63) is 23.8 Å². The molecule has 7 nitrogen and oxygen atoms in total. The minimum atomic E-state index is -0.884. The van der Waals surface area contributed by atoms with Gasteiger partial charge in [-0.3, -0.25) is 19.3 Å². The van der Waals surface area contributed by atoms with Crippen LogP contribution in [0.3, 0.4) is 0 Å². The van der Waals surface area contributed by atoms with Gasteiger partial charge in [0.15, 0.2) is 12.2 Å². The van der Waals surface area contributed by atoms with Gasteiger partial charge in [-0.15, -0.1) is 0 Å². The molecule has 0 saturated heterocycles. The van der Waals surface area contributed by atoms with Crippen molar-refractivity contribution in [1.82, 2.24) is 5.32 Å². The number of hydrogen-bond donors (Lipinski definition) is 1. The van der Waals surface area contributed by atoms with Crippen molar-refractivity contribution in [3.8, 4) is 5.75 Å². The van der Waals surface area contributed by atoms with Gasteiger partial charge in [-0.25, -0.2) is 0 Å². The molecule has 2 aliphatic rings. The Labute approximate surface area is 178 Å². The van der Waals surface area contributed by atoms with E-state index in [4.69, 9.17) is 9.47 Å². The summed E-state index contributed by atoms with van der Waals surface area (Å²) < 4.78 is 11.2. The lowest BCUT2D eigenvalue weighted by atomic mass is 9.95. The summed E-state index contributed by atoms with van der Waals surface area (Å²) in [6.07, 6.45) is 3.75. The van der Waals surface area contributed by atoms with Crippen molar-refractivity contribution in [2.75, 3.05) is 11.4 Å². The number of fused-ring (bicyclic) bond motifs is 1. The van der Waals surface area contributed by atoms with Crippen LogP contribution in [0, 0.1) is 12.8 Å². The topological polar surface area (TPSA) is 84.9 Å². The molecule has 2 amide bonds. The number of carbonyl (C=O) groups is 3. The molecule has 2 atom stereocenters. The third-order valence-corrected chi connectivity index (χ3v) is 5.68. The predicted octanol–water partition coefficient (Wildman–Crippen LogP) is 3.13. The van der Waals surface area contributed by atoms with Crippen LogP contribution in [0.1, 0.15) is 58.4 Å². The Hall–Kier alpha value is -2.57. The summed E-state index contributed by atoms with van der Waals surface area (Å²) in [6, 6.07) is 5.63. The first kappa shape index (κ1) is 22.1. The Balaban J connectivity index is 1.68. The number of anilines is 1. The Morgan fingerprint density at radius 3 is 2.60 bits per heavy atom. The molecule has 0 radical (unpaired) electrons. The smallest absolute Gasteiger partial charge is 0.326 e. The average molecular weight is 417 g/mol. The van der Waals surface area contributed by atoms with Gasteiger partial charge in [-0.1, -0.05) is 39.2 Å². The zero-order chi connectivity index (χ0) is 21.8. The van der Waals surface area contributed by atoms with E-state index in [2.05, 4.69) is 5.32 Å². The number of benzene rings is 1. The molecule has 164 valence electrons. The fourth-order valence-electron chi connectivity index (χ4n) is 4.01. The predicted molar refractivity (Wildman–Crippen MR) is 113 cm³/mol.